The molecule has 108 valence electrons. The summed E-state index contributed by atoms with van der Waals surface area (Å²) in [5.41, 5.74) is 1.80. The predicted molar refractivity (Wildman–Crippen MR) is 76.5 cm³/mol. The highest BCUT2D eigenvalue weighted by Crippen LogP contribution is 2.18. The molecule has 4 heteroatoms. The van der Waals surface area contributed by atoms with E-state index in [2.05, 4.69) is 4.90 Å². The van der Waals surface area contributed by atoms with E-state index in [-0.39, 0.29) is 24.6 Å². The van der Waals surface area contributed by atoms with Crippen LogP contribution in [0.15, 0.2) is 24.3 Å². The Bertz CT molecular complexity index is 480. The van der Waals surface area contributed by atoms with Gasteiger partial charge in [0.2, 0.25) is 0 Å². The maximum Gasteiger partial charge on any atom is 0.306 e. The monoisotopic (exact) mass is 275 g/mol. The van der Waals surface area contributed by atoms with Gasteiger partial charge in [0.1, 0.15) is 0 Å². The molecule has 0 amide bonds. The van der Waals surface area contributed by atoms with Crippen LogP contribution >= 0.6 is 0 Å². The lowest BCUT2D eigenvalue weighted by atomic mass is 9.99. The topological polar surface area (TPSA) is 46.6 Å². The van der Waals surface area contributed by atoms with Gasteiger partial charge in [0.25, 0.3) is 0 Å². The predicted octanol–water partition coefficient (Wildman–Crippen LogP) is 2.42. The van der Waals surface area contributed by atoms with Crippen molar-refractivity contribution in [1.82, 2.24) is 4.90 Å². The second-order valence-corrected chi connectivity index (χ2v) is 5.02. The molecule has 0 atom stereocenters. The van der Waals surface area contributed by atoms with Gasteiger partial charge in [-0.25, -0.2) is 0 Å². The van der Waals surface area contributed by atoms with Gasteiger partial charge in [0.15, 0.2) is 5.78 Å². The number of likely N-dealkylation sites (tertiary alicyclic amines) is 1. The summed E-state index contributed by atoms with van der Waals surface area (Å²) in [5, 5.41) is 0. The fourth-order valence-corrected chi connectivity index (χ4v) is 2.29. The minimum atomic E-state index is -0.305. The van der Waals surface area contributed by atoms with Crippen LogP contribution in [0, 0.1) is 0 Å². The SMILES string of the molecule is CCOC(=O)CCC(=O)c1ccccc1CN1CCC1. The largest absolute Gasteiger partial charge is 0.466 e. The summed E-state index contributed by atoms with van der Waals surface area (Å²) in [7, 11) is 0. The number of carbonyl (C=O) groups is 2. The van der Waals surface area contributed by atoms with E-state index in [0.717, 1.165) is 30.8 Å². The number of esters is 1. The van der Waals surface area contributed by atoms with Crippen molar-refractivity contribution in [2.75, 3.05) is 19.7 Å². The molecule has 0 saturated carbocycles. The van der Waals surface area contributed by atoms with Crippen LogP contribution in [-0.2, 0) is 16.1 Å². The summed E-state index contributed by atoms with van der Waals surface area (Å²) in [4.78, 5) is 25.9. The molecule has 0 radical (unpaired) electrons. The van der Waals surface area contributed by atoms with Gasteiger partial charge >= 0.3 is 5.97 Å². The van der Waals surface area contributed by atoms with Gasteiger partial charge in [-0.2, -0.15) is 0 Å². The Kier molecular flexibility index (Phi) is 5.30. The van der Waals surface area contributed by atoms with Crippen LogP contribution in [0.5, 0.6) is 0 Å². The molecule has 0 spiro atoms. The number of hydrogen-bond acceptors (Lipinski definition) is 4. The minimum absolute atomic E-state index is 0.0224. The van der Waals surface area contributed by atoms with Crippen molar-refractivity contribution < 1.29 is 14.3 Å². The van der Waals surface area contributed by atoms with Gasteiger partial charge in [-0.15, -0.1) is 0 Å². The number of hydrogen-bond donors (Lipinski definition) is 0. The maximum atomic E-state index is 12.2. The van der Waals surface area contributed by atoms with Gasteiger partial charge < -0.3 is 4.74 Å². The molecule has 2 rings (SSSR count). The first-order chi connectivity index (χ1) is 9.70. The third-order valence-electron chi connectivity index (χ3n) is 3.52. The highest BCUT2D eigenvalue weighted by atomic mass is 16.5. The number of rotatable bonds is 7. The number of nitrogens with zero attached hydrogens (tertiary/aromatic N) is 1. The molecule has 0 aromatic heterocycles. The lowest BCUT2D eigenvalue weighted by molar-refractivity contribution is -0.143. The highest BCUT2D eigenvalue weighted by Gasteiger charge is 2.18. The molecule has 0 aliphatic carbocycles. The second-order valence-electron chi connectivity index (χ2n) is 5.02. The van der Waals surface area contributed by atoms with E-state index < -0.39 is 0 Å². The Morgan fingerprint density at radius 1 is 1.20 bits per heavy atom. The van der Waals surface area contributed by atoms with Crippen LogP contribution in [0.4, 0.5) is 0 Å². The Balaban J connectivity index is 1.96. The molecule has 0 bridgehead atoms. The normalized spacial score (nSPS) is 14.7. The Morgan fingerprint density at radius 2 is 1.95 bits per heavy atom. The molecule has 20 heavy (non-hydrogen) atoms. The summed E-state index contributed by atoms with van der Waals surface area (Å²) in [6, 6.07) is 7.67. The fourth-order valence-electron chi connectivity index (χ4n) is 2.29. The third-order valence-corrected chi connectivity index (χ3v) is 3.52. The molecule has 1 aromatic carbocycles. The van der Waals surface area contributed by atoms with Crippen LogP contribution in [0.3, 0.4) is 0 Å². The lowest BCUT2D eigenvalue weighted by Crippen LogP contribution is -2.36. The van der Waals surface area contributed by atoms with Crippen LogP contribution in [0.1, 0.15) is 42.1 Å². The summed E-state index contributed by atoms with van der Waals surface area (Å²) in [5.74, 6) is -0.282. The first-order valence-electron chi connectivity index (χ1n) is 7.19. The van der Waals surface area contributed by atoms with Crippen LogP contribution in [-0.4, -0.2) is 36.3 Å². The number of benzene rings is 1. The van der Waals surface area contributed by atoms with E-state index in [1.165, 1.54) is 6.42 Å². The van der Waals surface area contributed by atoms with E-state index in [4.69, 9.17) is 4.74 Å². The first-order valence-corrected chi connectivity index (χ1v) is 7.19. The molecule has 0 N–H and O–H groups in total. The van der Waals surface area contributed by atoms with Gasteiger partial charge in [-0.05, 0) is 32.0 Å². The molecule has 0 unspecified atom stereocenters. The van der Waals surface area contributed by atoms with E-state index in [0.29, 0.717) is 6.61 Å². The zero-order valence-electron chi connectivity index (χ0n) is 11.9. The number of ether oxygens (including phenoxy) is 1. The lowest BCUT2D eigenvalue weighted by Gasteiger charge is -2.31. The van der Waals surface area contributed by atoms with Crippen LogP contribution in [0.2, 0.25) is 0 Å². The van der Waals surface area contributed by atoms with Gasteiger partial charge in [0.05, 0.1) is 13.0 Å². The molecule has 1 aromatic rings. The van der Waals surface area contributed by atoms with Crippen molar-refractivity contribution in [2.45, 2.75) is 32.7 Å². The quantitative estimate of drug-likeness (QED) is 0.566. The molecular formula is C16H21NO3. The third kappa shape index (κ3) is 3.90. The van der Waals surface area contributed by atoms with Crippen molar-refractivity contribution in [3.05, 3.63) is 35.4 Å². The standard InChI is InChI=1S/C16H21NO3/c1-2-20-16(19)9-8-15(18)14-7-4-3-6-13(14)12-17-10-5-11-17/h3-4,6-7H,2,5,8-12H2,1H3. The van der Waals surface area contributed by atoms with Crippen molar-refractivity contribution in [3.63, 3.8) is 0 Å². The average molecular weight is 275 g/mol. The van der Waals surface area contributed by atoms with Gasteiger partial charge in [-0.1, -0.05) is 24.3 Å². The van der Waals surface area contributed by atoms with E-state index in [1.807, 2.05) is 24.3 Å². The summed E-state index contributed by atoms with van der Waals surface area (Å²) >= 11 is 0. The van der Waals surface area contributed by atoms with E-state index >= 15 is 0 Å². The van der Waals surface area contributed by atoms with Crippen molar-refractivity contribution >= 4 is 11.8 Å². The van der Waals surface area contributed by atoms with Crippen molar-refractivity contribution in [1.29, 1.82) is 0 Å². The molecule has 4 nitrogen and oxygen atoms in total. The number of ketones is 1. The Morgan fingerprint density at radius 3 is 2.60 bits per heavy atom. The summed E-state index contributed by atoms with van der Waals surface area (Å²) in [6.07, 6.45) is 1.61. The fraction of sp³-hybridized carbons (Fsp3) is 0.500. The smallest absolute Gasteiger partial charge is 0.306 e. The Hall–Kier alpha value is -1.68. The van der Waals surface area contributed by atoms with Crippen molar-refractivity contribution in [3.8, 4) is 0 Å². The minimum Gasteiger partial charge on any atom is -0.466 e. The highest BCUT2D eigenvalue weighted by molar-refractivity contribution is 5.98. The van der Waals surface area contributed by atoms with Crippen LogP contribution < -0.4 is 0 Å². The van der Waals surface area contributed by atoms with Crippen LogP contribution in [0.25, 0.3) is 0 Å². The molecule has 1 heterocycles. The first kappa shape index (κ1) is 14.7. The molecule has 1 saturated heterocycles. The summed E-state index contributed by atoms with van der Waals surface area (Å²) in [6.45, 7) is 5.15. The zero-order valence-corrected chi connectivity index (χ0v) is 11.9. The maximum absolute atomic E-state index is 12.2. The molecular weight excluding hydrogens is 254 g/mol. The Labute approximate surface area is 119 Å². The van der Waals surface area contributed by atoms with E-state index in [9.17, 15) is 9.59 Å². The summed E-state index contributed by atoms with van der Waals surface area (Å²) < 4.78 is 4.85. The molecule has 1 fully saturated rings. The molecule has 1 aliphatic heterocycles. The average Bonchev–Trinajstić information content (AvgIpc) is 2.41. The number of Topliss-reactive ketones (excluding diaryl/α,β-unsaturated/α-hetero) is 1. The molecule has 1 aliphatic rings. The number of carbonyl (C=O) groups excluding carboxylic acids is 2. The second kappa shape index (κ2) is 7.20. The van der Waals surface area contributed by atoms with Gasteiger partial charge in [-0.3, -0.25) is 14.5 Å². The van der Waals surface area contributed by atoms with Crippen molar-refractivity contribution in [2.24, 2.45) is 0 Å². The van der Waals surface area contributed by atoms with E-state index in [1.54, 1.807) is 6.92 Å². The van der Waals surface area contributed by atoms with Gasteiger partial charge in [0, 0.05) is 18.5 Å². The zero-order chi connectivity index (χ0) is 14.4.